The Morgan fingerprint density at radius 1 is 1.15 bits per heavy atom. The number of nitrogens with zero attached hydrogens (tertiary/aromatic N) is 3. The van der Waals surface area contributed by atoms with Gasteiger partial charge in [-0.1, -0.05) is 12.1 Å². The smallest absolute Gasteiger partial charge is 0.333 e. The van der Waals surface area contributed by atoms with Gasteiger partial charge >= 0.3 is 5.97 Å². The van der Waals surface area contributed by atoms with Crippen LogP contribution in [0.2, 0.25) is 0 Å². The Bertz CT molecular complexity index is 1350. The predicted octanol–water partition coefficient (Wildman–Crippen LogP) is 3.49. The average molecular weight is 460 g/mol. The van der Waals surface area contributed by atoms with Crippen molar-refractivity contribution in [3.8, 4) is 11.3 Å². The number of rotatable bonds is 5. The molecule has 34 heavy (non-hydrogen) atoms. The highest BCUT2D eigenvalue weighted by Gasteiger charge is 2.34. The van der Waals surface area contributed by atoms with Crippen LogP contribution in [0.15, 0.2) is 60.6 Å². The van der Waals surface area contributed by atoms with Crippen LogP contribution in [-0.4, -0.2) is 32.9 Å². The van der Waals surface area contributed by atoms with Gasteiger partial charge in [-0.05, 0) is 49.2 Å². The summed E-state index contributed by atoms with van der Waals surface area (Å²) in [4.78, 5) is 47.2. The van der Waals surface area contributed by atoms with Crippen LogP contribution in [0.4, 0.5) is 10.1 Å². The van der Waals surface area contributed by atoms with E-state index in [9.17, 15) is 23.9 Å². The van der Waals surface area contributed by atoms with Gasteiger partial charge < -0.3 is 10.8 Å². The lowest BCUT2D eigenvalue weighted by Crippen LogP contribution is -2.35. The SMILES string of the molecule is Cc1cncc(-c2cc(C(N)=O)c(C)cc2N2C=C(C(=O)O)[C@H](c3ccc(F)cc3)CC2=O)n1. The van der Waals surface area contributed by atoms with Crippen molar-refractivity contribution in [2.24, 2.45) is 5.73 Å². The third-order valence-corrected chi connectivity index (χ3v) is 5.71. The number of anilines is 1. The van der Waals surface area contributed by atoms with Crippen LogP contribution >= 0.6 is 0 Å². The van der Waals surface area contributed by atoms with Gasteiger partial charge in [0, 0.05) is 35.9 Å². The number of carboxylic acids is 1. The molecule has 4 rings (SSSR count). The normalized spacial score (nSPS) is 15.7. The second-order valence-electron chi connectivity index (χ2n) is 8.06. The molecule has 1 atom stereocenters. The summed E-state index contributed by atoms with van der Waals surface area (Å²) >= 11 is 0. The number of carbonyl (C=O) groups is 3. The van der Waals surface area contributed by atoms with Crippen LogP contribution in [0.3, 0.4) is 0 Å². The van der Waals surface area contributed by atoms with Gasteiger partial charge in [0.05, 0.1) is 28.8 Å². The van der Waals surface area contributed by atoms with Crippen molar-refractivity contribution in [3.05, 3.63) is 88.8 Å². The summed E-state index contributed by atoms with van der Waals surface area (Å²) < 4.78 is 13.4. The summed E-state index contributed by atoms with van der Waals surface area (Å²) in [6, 6.07) is 8.53. The number of aryl methyl sites for hydroxylation is 2. The third-order valence-electron chi connectivity index (χ3n) is 5.71. The molecule has 2 heterocycles. The molecule has 0 fully saturated rings. The Kier molecular flexibility index (Phi) is 5.93. The number of aromatic nitrogens is 2. The van der Waals surface area contributed by atoms with Crippen molar-refractivity contribution < 1.29 is 23.9 Å². The van der Waals surface area contributed by atoms with Gasteiger partial charge in [0.15, 0.2) is 0 Å². The fourth-order valence-electron chi connectivity index (χ4n) is 4.04. The van der Waals surface area contributed by atoms with Crippen molar-refractivity contribution in [3.63, 3.8) is 0 Å². The molecule has 3 aromatic rings. The molecule has 1 aliphatic rings. The first kappa shape index (κ1) is 22.8. The molecule has 172 valence electrons. The lowest BCUT2D eigenvalue weighted by Gasteiger charge is -2.31. The maximum absolute atomic E-state index is 13.4. The Labute approximate surface area is 194 Å². The molecule has 0 bridgehead atoms. The first-order valence-corrected chi connectivity index (χ1v) is 10.4. The van der Waals surface area contributed by atoms with Gasteiger partial charge in [0.25, 0.3) is 0 Å². The summed E-state index contributed by atoms with van der Waals surface area (Å²) in [5.74, 6) is -3.41. The maximum Gasteiger partial charge on any atom is 0.333 e. The standard InChI is InChI=1S/C25H21FN4O4/c1-13-7-22(19(8-17(13)24(27)32)21-11-28-10-14(2)29-21)30-12-20(25(33)34)18(9-23(30)31)15-3-5-16(26)6-4-15/h3-8,10-12,18H,9H2,1-2H3,(H2,27,32)(H,33,34)/t18-/m0/s1. The fourth-order valence-corrected chi connectivity index (χ4v) is 4.04. The number of halogens is 1. The highest BCUT2D eigenvalue weighted by atomic mass is 19.1. The number of hydrogen-bond donors (Lipinski definition) is 2. The summed E-state index contributed by atoms with van der Waals surface area (Å²) in [6.45, 7) is 3.42. The van der Waals surface area contributed by atoms with Gasteiger partial charge in [0.1, 0.15) is 5.82 Å². The van der Waals surface area contributed by atoms with Crippen LogP contribution in [0.5, 0.6) is 0 Å². The van der Waals surface area contributed by atoms with Crippen LogP contribution in [-0.2, 0) is 9.59 Å². The second-order valence-corrected chi connectivity index (χ2v) is 8.06. The second kappa shape index (κ2) is 8.86. The van der Waals surface area contributed by atoms with E-state index in [-0.39, 0.29) is 23.5 Å². The number of amides is 2. The molecule has 0 radical (unpaired) electrons. The van der Waals surface area contributed by atoms with Gasteiger partial charge in [-0.3, -0.25) is 19.5 Å². The molecule has 0 aliphatic carbocycles. The maximum atomic E-state index is 13.4. The lowest BCUT2D eigenvalue weighted by atomic mass is 9.85. The summed E-state index contributed by atoms with van der Waals surface area (Å²) in [5, 5.41) is 9.91. The van der Waals surface area contributed by atoms with Gasteiger partial charge in [-0.2, -0.15) is 0 Å². The molecule has 8 nitrogen and oxygen atoms in total. The monoisotopic (exact) mass is 460 g/mol. The van der Waals surface area contributed by atoms with E-state index < -0.39 is 23.6 Å². The summed E-state index contributed by atoms with van der Waals surface area (Å²) in [5.41, 5.74) is 8.57. The molecule has 0 spiro atoms. The van der Waals surface area contributed by atoms with Gasteiger partial charge in [0.2, 0.25) is 11.8 Å². The molecule has 0 unspecified atom stereocenters. The number of benzene rings is 2. The largest absolute Gasteiger partial charge is 0.478 e. The molecular formula is C25H21FN4O4. The highest BCUT2D eigenvalue weighted by molar-refractivity contribution is 6.06. The molecule has 1 aromatic heterocycles. The quantitative estimate of drug-likeness (QED) is 0.600. The van der Waals surface area contributed by atoms with Crippen LogP contribution in [0.25, 0.3) is 11.3 Å². The number of carbonyl (C=O) groups excluding carboxylic acids is 2. The number of nitrogens with two attached hydrogens (primary N) is 1. The van der Waals surface area contributed by atoms with Gasteiger partial charge in [-0.25, -0.2) is 14.2 Å². The number of aliphatic carboxylic acids is 1. The summed E-state index contributed by atoms with van der Waals surface area (Å²) in [7, 11) is 0. The molecule has 9 heteroatoms. The number of carboxylic acid groups (broad SMARTS) is 1. The van der Waals surface area contributed by atoms with E-state index in [1.54, 1.807) is 26.1 Å². The van der Waals surface area contributed by atoms with E-state index in [0.29, 0.717) is 33.8 Å². The van der Waals surface area contributed by atoms with E-state index in [0.717, 1.165) is 0 Å². The zero-order valence-corrected chi connectivity index (χ0v) is 18.4. The molecule has 1 aliphatic heterocycles. The molecule has 2 amide bonds. The predicted molar refractivity (Wildman–Crippen MR) is 122 cm³/mol. The van der Waals surface area contributed by atoms with Crippen molar-refractivity contribution >= 4 is 23.5 Å². The molecular weight excluding hydrogens is 439 g/mol. The lowest BCUT2D eigenvalue weighted by molar-refractivity contribution is -0.133. The topological polar surface area (TPSA) is 126 Å². The third kappa shape index (κ3) is 4.27. The molecule has 3 N–H and O–H groups in total. The van der Waals surface area contributed by atoms with E-state index >= 15 is 0 Å². The van der Waals surface area contributed by atoms with Crippen LogP contribution in [0.1, 0.15) is 39.5 Å². The summed E-state index contributed by atoms with van der Waals surface area (Å²) in [6.07, 6.45) is 4.19. The van der Waals surface area contributed by atoms with Gasteiger partial charge in [-0.15, -0.1) is 0 Å². The zero-order valence-electron chi connectivity index (χ0n) is 18.4. The first-order chi connectivity index (χ1) is 16.2. The van der Waals surface area contributed by atoms with E-state index in [4.69, 9.17) is 5.73 Å². The Morgan fingerprint density at radius 2 is 1.85 bits per heavy atom. The van der Waals surface area contributed by atoms with E-state index in [1.165, 1.54) is 47.6 Å². The van der Waals surface area contributed by atoms with Crippen molar-refractivity contribution in [1.82, 2.24) is 9.97 Å². The molecule has 0 saturated heterocycles. The fraction of sp³-hybridized carbons (Fsp3) is 0.160. The minimum Gasteiger partial charge on any atom is -0.478 e. The highest BCUT2D eigenvalue weighted by Crippen LogP contribution is 2.39. The average Bonchev–Trinajstić information content (AvgIpc) is 2.79. The van der Waals surface area contributed by atoms with Crippen LogP contribution < -0.4 is 10.6 Å². The van der Waals surface area contributed by atoms with E-state index in [1.807, 2.05) is 0 Å². The minimum atomic E-state index is -1.20. The Hall–Kier alpha value is -4.40. The zero-order chi connectivity index (χ0) is 24.6. The van der Waals surface area contributed by atoms with E-state index in [2.05, 4.69) is 9.97 Å². The Balaban J connectivity index is 1.90. The van der Waals surface area contributed by atoms with Crippen LogP contribution in [0, 0.1) is 19.7 Å². The number of hydrogen-bond acceptors (Lipinski definition) is 5. The minimum absolute atomic E-state index is 0.0240. The first-order valence-electron chi connectivity index (χ1n) is 10.4. The van der Waals surface area contributed by atoms with Crippen molar-refractivity contribution in [2.75, 3.05) is 4.90 Å². The Morgan fingerprint density at radius 3 is 2.47 bits per heavy atom. The van der Waals surface area contributed by atoms with Crippen molar-refractivity contribution in [2.45, 2.75) is 26.2 Å². The molecule has 0 saturated carbocycles. The van der Waals surface area contributed by atoms with Crippen molar-refractivity contribution in [1.29, 1.82) is 0 Å². The molecule has 2 aromatic carbocycles. The number of primary amides is 1.